The molecule has 0 saturated carbocycles. The Morgan fingerprint density at radius 3 is 2.94 bits per heavy atom. The number of carbonyl (C=O) groups is 1. The van der Waals surface area contributed by atoms with Crippen LogP contribution in [0.5, 0.6) is 0 Å². The first kappa shape index (κ1) is 12.2. The topological polar surface area (TPSA) is 30.7 Å². The number of nitrogens with zero attached hydrogens (tertiary/aromatic N) is 1. The van der Waals surface area contributed by atoms with Gasteiger partial charge in [-0.1, -0.05) is 6.07 Å². The van der Waals surface area contributed by atoms with Gasteiger partial charge in [0.15, 0.2) is 0 Å². The number of halogens is 1. The lowest BCUT2D eigenvalue weighted by atomic mass is 10.2. The Labute approximate surface area is 109 Å². The van der Waals surface area contributed by atoms with E-state index in [0.717, 1.165) is 15.7 Å². The highest BCUT2D eigenvalue weighted by molar-refractivity contribution is 9.10. The molecular formula is C13H14BrNO2. The van der Waals surface area contributed by atoms with Gasteiger partial charge in [0.1, 0.15) is 0 Å². The number of fused-ring (bicyclic) bond motifs is 1. The highest BCUT2D eigenvalue weighted by Gasteiger charge is 2.13. The highest BCUT2D eigenvalue weighted by atomic mass is 79.9. The molecule has 0 aliphatic carbocycles. The molecular weight excluding hydrogens is 282 g/mol. The number of pyridine rings is 1. The number of esters is 1. The molecule has 0 atom stereocenters. The minimum Gasteiger partial charge on any atom is -0.469 e. The summed E-state index contributed by atoms with van der Waals surface area (Å²) in [5, 5.41) is 0. The minimum atomic E-state index is -0.175. The zero-order valence-electron chi connectivity index (χ0n) is 9.87. The number of methoxy groups -OCH3 is 1. The Morgan fingerprint density at radius 2 is 2.24 bits per heavy atom. The first-order chi connectivity index (χ1) is 8.15. The Kier molecular flexibility index (Phi) is 3.52. The Morgan fingerprint density at radius 1 is 1.47 bits per heavy atom. The van der Waals surface area contributed by atoms with E-state index in [1.54, 1.807) is 0 Å². The van der Waals surface area contributed by atoms with Gasteiger partial charge >= 0.3 is 5.97 Å². The summed E-state index contributed by atoms with van der Waals surface area (Å²) in [6, 6.07) is 6.04. The maximum Gasteiger partial charge on any atom is 0.305 e. The van der Waals surface area contributed by atoms with Crippen molar-refractivity contribution in [3.05, 3.63) is 40.1 Å². The van der Waals surface area contributed by atoms with Crippen LogP contribution in [0, 0.1) is 6.92 Å². The van der Waals surface area contributed by atoms with Crippen molar-refractivity contribution in [2.75, 3.05) is 7.11 Å². The fourth-order valence-electron chi connectivity index (χ4n) is 1.99. The molecule has 3 nitrogen and oxygen atoms in total. The molecule has 0 bridgehead atoms. The molecule has 0 aliphatic heterocycles. The molecule has 0 unspecified atom stereocenters. The lowest BCUT2D eigenvalue weighted by Gasteiger charge is -2.03. The molecule has 2 aromatic heterocycles. The van der Waals surface area contributed by atoms with Gasteiger partial charge in [0.05, 0.1) is 19.0 Å². The summed E-state index contributed by atoms with van der Waals surface area (Å²) in [4.78, 5) is 11.2. The molecule has 0 spiro atoms. The number of rotatable bonds is 3. The largest absolute Gasteiger partial charge is 0.469 e. The highest BCUT2D eigenvalue weighted by Crippen LogP contribution is 2.28. The van der Waals surface area contributed by atoms with Crippen molar-refractivity contribution in [3.8, 4) is 0 Å². The van der Waals surface area contributed by atoms with Crippen LogP contribution in [0.1, 0.15) is 17.7 Å². The van der Waals surface area contributed by atoms with Gasteiger partial charge in [-0.3, -0.25) is 4.79 Å². The Bertz CT molecular complexity index is 560. The van der Waals surface area contributed by atoms with Crippen molar-refractivity contribution in [2.24, 2.45) is 0 Å². The van der Waals surface area contributed by atoms with Gasteiger partial charge in [-0.25, -0.2) is 0 Å². The van der Waals surface area contributed by atoms with Gasteiger partial charge < -0.3 is 9.14 Å². The average Bonchev–Trinajstić information content (AvgIpc) is 2.60. The summed E-state index contributed by atoms with van der Waals surface area (Å²) in [5.41, 5.74) is 3.46. The van der Waals surface area contributed by atoms with Crippen LogP contribution < -0.4 is 0 Å². The molecule has 0 fully saturated rings. The van der Waals surface area contributed by atoms with Crippen LogP contribution in [0.4, 0.5) is 0 Å². The number of hydrogen-bond acceptors (Lipinski definition) is 2. The molecule has 2 aromatic rings. The molecule has 4 heteroatoms. The Balaban J connectivity index is 2.39. The predicted octanol–water partition coefficient (Wildman–Crippen LogP) is 3.12. The lowest BCUT2D eigenvalue weighted by Crippen LogP contribution is -2.04. The maximum atomic E-state index is 11.2. The van der Waals surface area contributed by atoms with Crippen LogP contribution in [-0.2, 0) is 16.0 Å². The number of hydrogen-bond donors (Lipinski definition) is 0. The summed E-state index contributed by atoms with van der Waals surface area (Å²) >= 11 is 3.59. The van der Waals surface area contributed by atoms with E-state index in [1.165, 1.54) is 12.7 Å². The number of aryl methyl sites for hydroxylation is 1. The second kappa shape index (κ2) is 4.92. The van der Waals surface area contributed by atoms with Crippen LogP contribution in [0.2, 0.25) is 0 Å². The minimum absolute atomic E-state index is 0.175. The number of ether oxygens (including phenoxy) is 1. The van der Waals surface area contributed by atoms with Gasteiger partial charge in [0.25, 0.3) is 0 Å². The maximum absolute atomic E-state index is 11.2. The van der Waals surface area contributed by atoms with Crippen molar-refractivity contribution in [1.82, 2.24) is 4.40 Å². The molecule has 0 radical (unpaired) electrons. The predicted molar refractivity (Wildman–Crippen MR) is 70.2 cm³/mol. The van der Waals surface area contributed by atoms with Crippen molar-refractivity contribution in [1.29, 1.82) is 0 Å². The number of aromatic nitrogens is 1. The molecule has 90 valence electrons. The van der Waals surface area contributed by atoms with Crippen molar-refractivity contribution in [2.45, 2.75) is 19.8 Å². The molecule has 2 heterocycles. The fourth-order valence-corrected chi connectivity index (χ4v) is 2.54. The molecule has 0 aliphatic rings. The van der Waals surface area contributed by atoms with E-state index in [-0.39, 0.29) is 5.97 Å². The molecule has 0 aromatic carbocycles. The van der Waals surface area contributed by atoms with E-state index < -0.39 is 0 Å². The van der Waals surface area contributed by atoms with Crippen molar-refractivity contribution >= 4 is 27.4 Å². The second-order valence-electron chi connectivity index (χ2n) is 3.92. The van der Waals surface area contributed by atoms with Gasteiger partial charge in [-0.05, 0) is 47.0 Å². The molecule has 0 amide bonds. The van der Waals surface area contributed by atoms with E-state index >= 15 is 0 Å². The van der Waals surface area contributed by atoms with E-state index in [2.05, 4.69) is 38.1 Å². The van der Waals surface area contributed by atoms with E-state index in [1.807, 2.05) is 18.3 Å². The van der Waals surface area contributed by atoms with Gasteiger partial charge in [0.2, 0.25) is 0 Å². The smallest absolute Gasteiger partial charge is 0.305 e. The van der Waals surface area contributed by atoms with Gasteiger partial charge in [-0.15, -0.1) is 0 Å². The van der Waals surface area contributed by atoms with Gasteiger partial charge in [-0.2, -0.15) is 0 Å². The first-order valence-electron chi connectivity index (χ1n) is 5.46. The van der Waals surface area contributed by atoms with Crippen molar-refractivity contribution in [3.63, 3.8) is 0 Å². The third-order valence-corrected chi connectivity index (χ3v) is 3.93. The van der Waals surface area contributed by atoms with Crippen molar-refractivity contribution < 1.29 is 9.53 Å². The first-order valence-corrected chi connectivity index (χ1v) is 6.25. The fraction of sp³-hybridized carbons (Fsp3) is 0.308. The molecule has 0 N–H and O–H groups in total. The van der Waals surface area contributed by atoms with E-state index in [4.69, 9.17) is 0 Å². The average molecular weight is 296 g/mol. The van der Waals surface area contributed by atoms with Crippen LogP contribution >= 0.6 is 15.9 Å². The lowest BCUT2D eigenvalue weighted by molar-refractivity contribution is -0.140. The normalized spacial score (nSPS) is 10.8. The standard InChI is InChI=1S/C13H14BrNO2/c1-9-10(6-7-12(16)17-2)15-8-4-3-5-11(15)13(9)14/h3-5,8H,6-7H2,1-2H3. The Hall–Kier alpha value is -1.29. The molecule has 0 saturated heterocycles. The van der Waals surface area contributed by atoms with Crippen LogP contribution in [-0.4, -0.2) is 17.5 Å². The van der Waals surface area contributed by atoms with Gasteiger partial charge in [0, 0.05) is 16.4 Å². The van der Waals surface area contributed by atoms with Crippen LogP contribution in [0.25, 0.3) is 5.52 Å². The second-order valence-corrected chi connectivity index (χ2v) is 4.71. The monoisotopic (exact) mass is 295 g/mol. The molecule has 17 heavy (non-hydrogen) atoms. The zero-order chi connectivity index (χ0) is 12.4. The quantitative estimate of drug-likeness (QED) is 0.815. The summed E-state index contributed by atoms with van der Waals surface area (Å²) in [5.74, 6) is -0.175. The summed E-state index contributed by atoms with van der Waals surface area (Å²) < 4.78 is 7.88. The van der Waals surface area contributed by atoms with Crippen LogP contribution in [0.15, 0.2) is 28.9 Å². The van der Waals surface area contributed by atoms with Crippen LogP contribution in [0.3, 0.4) is 0 Å². The zero-order valence-corrected chi connectivity index (χ0v) is 11.5. The SMILES string of the molecule is COC(=O)CCc1c(C)c(Br)c2ccccn12. The third kappa shape index (κ3) is 2.22. The molecule has 2 rings (SSSR count). The number of carbonyl (C=O) groups excluding carboxylic acids is 1. The van der Waals surface area contributed by atoms with E-state index in [9.17, 15) is 4.79 Å². The third-order valence-electron chi connectivity index (χ3n) is 2.93. The summed E-state index contributed by atoms with van der Waals surface area (Å²) in [6.45, 7) is 2.06. The summed E-state index contributed by atoms with van der Waals surface area (Å²) in [7, 11) is 1.42. The summed E-state index contributed by atoms with van der Waals surface area (Å²) in [6.07, 6.45) is 3.11. The van der Waals surface area contributed by atoms with E-state index in [0.29, 0.717) is 12.8 Å².